The molecule has 2 aliphatic carbocycles. The maximum atomic E-state index is 11.4. The van der Waals surface area contributed by atoms with Gasteiger partial charge >= 0.3 is 0 Å². The van der Waals surface area contributed by atoms with Crippen molar-refractivity contribution in [2.75, 3.05) is 6.61 Å². The van der Waals surface area contributed by atoms with E-state index in [0.717, 1.165) is 13.0 Å². The van der Waals surface area contributed by atoms with Gasteiger partial charge in [-0.25, -0.2) is 0 Å². The van der Waals surface area contributed by atoms with E-state index in [9.17, 15) is 4.79 Å². The molecule has 2 aliphatic rings. The monoisotopic (exact) mass is 366 g/mol. The van der Waals surface area contributed by atoms with Gasteiger partial charge in [0.1, 0.15) is 6.29 Å². The standard InChI is InChI=1S/C22H42O2Si/c1-17-12-13-22(6)18(16-24-25(7,8)20(2,3)4)10-9-11-19(22)21(17,5)14-15-23/h15,17-19H,9-14,16H2,1-8H3/t17-,18-,19-,21+,22+/m1/s1. The predicted octanol–water partition coefficient (Wildman–Crippen LogP) is 6.46. The minimum Gasteiger partial charge on any atom is -0.417 e. The summed E-state index contributed by atoms with van der Waals surface area (Å²) in [6.45, 7) is 19.9. The van der Waals surface area contributed by atoms with E-state index < -0.39 is 8.32 Å². The number of carbonyl (C=O) groups excluding carboxylic acids is 1. The normalized spacial score (nSPS) is 39.8. The molecule has 0 aromatic rings. The van der Waals surface area contributed by atoms with E-state index in [0.29, 0.717) is 23.2 Å². The van der Waals surface area contributed by atoms with E-state index in [2.05, 4.69) is 54.6 Å². The van der Waals surface area contributed by atoms with Gasteiger partial charge in [0.05, 0.1) is 0 Å². The SMILES string of the molecule is C[C@@H]1CC[C@@]2(C)[C@@H](CO[Si](C)(C)C(C)(C)C)CCC[C@@H]2[C@@]1(C)CC=O. The summed E-state index contributed by atoms with van der Waals surface area (Å²) in [5.74, 6) is 1.96. The Morgan fingerprint density at radius 3 is 2.36 bits per heavy atom. The second-order valence-corrected chi connectivity index (χ2v) is 15.9. The van der Waals surface area contributed by atoms with Crippen molar-refractivity contribution in [2.24, 2.45) is 28.6 Å². The molecule has 0 N–H and O–H groups in total. The summed E-state index contributed by atoms with van der Waals surface area (Å²) in [5, 5.41) is 0.273. The molecule has 0 radical (unpaired) electrons. The molecule has 0 heterocycles. The number of hydrogen-bond acceptors (Lipinski definition) is 2. The van der Waals surface area contributed by atoms with Crippen molar-refractivity contribution in [3.63, 3.8) is 0 Å². The van der Waals surface area contributed by atoms with Crippen molar-refractivity contribution in [1.29, 1.82) is 0 Å². The Hall–Kier alpha value is -0.153. The zero-order valence-corrected chi connectivity index (χ0v) is 19.1. The molecular weight excluding hydrogens is 324 g/mol. The van der Waals surface area contributed by atoms with Crippen LogP contribution in [-0.2, 0) is 9.22 Å². The molecule has 2 rings (SSSR count). The minimum atomic E-state index is -1.70. The van der Waals surface area contributed by atoms with Crippen LogP contribution < -0.4 is 0 Å². The molecule has 0 aromatic heterocycles. The Kier molecular flexibility index (Phi) is 6.01. The summed E-state index contributed by atoms with van der Waals surface area (Å²) in [5.41, 5.74) is 0.509. The molecule has 0 unspecified atom stereocenters. The third kappa shape index (κ3) is 3.78. The maximum absolute atomic E-state index is 11.4. The van der Waals surface area contributed by atoms with Crippen molar-refractivity contribution in [3.05, 3.63) is 0 Å². The molecule has 0 saturated heterocycles. The molecule has 0 amide bonds. The number of aldehydes is 1. The van der Waals surface area contributed by atoms with Crippen LogP contribution in [0.2, 0.25) is 18.1 Å². The first-order valence-corrected chi connectivity index (χ1v) is 13.4. The zero-order valence-electron chi connectivity index (χ0n) is 18.1. The summed E-state index contributed by atoms with van der Waals surface area (Å²) >= 11 is 0. The Morgan fingerprint density at radius 1 is 1.16 bits per heavy atom. The van der Waals surface area contributed by atoms with Gasteiger partial charge < -0.3 is 9.22 Å². The summed E-state index contributed by atoms with van der Waals surface area (Å²) in [4.78, 5) is 11.4. The average molecular weight is 367 g/mol. The summed E-state index contributed by atoms with van der Waals surface area (Å²) in [7, 11) is -1.70. The van der Waals surface area contributed by atoms with Gasteiger partial charge in [-0.15, -0.1) is 0 Å². The Bertz CT molecular complexity index is 481. The second-order valence-electron chi connectivity index (χ2n) is 11.1. The number of fused-ring (bicyclic) bond motifs is 1. The number of hydrogen-bond donors (Lipinski definition) is 0. The molecule has 2 fully saturated rings. The third-order valence-electron chi connectivity index (χ3n) is 8.79. The van der Waals surface area contributed by atoms with Crippen LogP contribution in [-0.4, -0.2) is 21.2 Å². The summed E-state index contributed by atoms with van der Waals surface area (Å²) in [6, 6.07) is 0. The van der Waals surface area contributed by atoms with Crippen molar-refractivity contribution in [1.82, 2.24) is 0 Å². The highest BCUT2D eigenvalue weighted by Gasteiger charge is 2.56. The lowest BCUT2D eigenvalue weighted by molar-refractivity contribution is -0.132. The Morgan fingerprint density at radius 2 is 1.80 bits per heavy atom. The fraction of sp³-hybridized carbons (Fsp3) is 0.955. The van der Waals surface area contributed by atoms with Gasteiger partial charge in [-0.3, -0.25) is 0 Å². The van der Waals surface area contributed by atoms with Gasteiger partial charge in [-0.1, -0.05) is 48.0 Å². The van der Waals surface area contributed by atoms with Crippen LogP contribution in [0.15, 0.2) is 0 Å². The molecule has 25 heavy (non-hydrogen) atoms. The topological polar surface area (TPSA) is 26.3 Å². The average Bonchev–Trinajstić information content (AvgIpc) is 2.49. The van der Waals surface area contributed by atoms with Gasteiger partial charge in [0, 0.05) is 13.0 Å². The zero-order chi connectivity index (χ0) is 19.1. The van der Waals surface area contributed by atoms with E-state index in [4.69, 9.17) is 4.43 Å². The molecule has 2 nitrogen and oxygen atoms in total. The first kappa shape index (κ1) is 21.2. The number of rotatable bonds is 5. The van der Waals surface area contributed by atoms with Gasteiger partial charge in [0.25, 0.3) is 0 Å². The smallest absolute Gasteiger partial charge is 0.191 e. The van der Waals surface area contributed by atoms with E-state index in [1.165, 1.54) is 38.4 Å². The van der Waals surface area contributed by atoms with Gasteiger partial charge in [-0.2, -0.15) is 0 Å². The quantitative estimate of drug-likeness (QED) is 0.412. The van der Waals surface area contributed by atoms with Crippen LogP contribution in [0.25, 0.3) is 0 Å². The predicted molar refractivity (Wildman–Crippen MR) is 109 cm³/mol. The molecular formula is C22H42O2Si. The number of carbonyl (C=O) groups is 1. The molecule has 146 valence electrons. The van der Waals surface area contributed by atoms with Crippen molar-refractivity contribution in [2.45, 2.75) is 98.2 Å². The first-order valence-electron chi connectivity index (χ1n) is 10.5. The highest BCUT2D eigenvalue weighted by molar-refractivity contribution is 6.74. The van der Waals surface area contributed by atoms with E-state index in [1.807, 2.05) is 0 Å². The molecule has 3 heteroatoms. The Balaban J connectivity index is 2.21. The molecule has 0 spiro atoms. The lowest BCUT2D eigenvalue weighted by atomic mass is 9.45. The maximum Gasteiger partial charge on any atom is 0.191 e. The Labute approximate surface area is 157 Å². The van der Waals surface area contributed by atoms with E-state index >= 15 is 0 Å². The minimum absolute atomic E-state index is 0.171. The van der Waals surface area contributed by atoms with Crippen molar-refractivity contribution < 1.29 is 9.22 Å². The van der Waals surface area contributed by atoms with Gasteiger partial charge in [0.15, 0.2) is 8.32 Å². The molecule has 0 aliphatic heterocycles. The van der Waals surface area contributed by atoms with Crippen LogP contribution in [0.5, 0.6) is 0 Å². The van der Waals surface area contributed by atoms with Crippen molar-refractivity contribution in [3.8, 4) is 0 Å². The van der Waals surface area contributed by atoms with Crippen LogP contribution in [0.3, 0.4) is 0 Å². The largest absolute Gasteiger partial charge is 0.417 e. The van der Waals surface area contributed by atoms with Crippen LogP contribution in [0.1, 0.15) is 80.1 Å². The molecule has 5 atom stereocenters. The van der Waals surface area contributed by atoms with E-state index in [1.54, 1.807) is 0 Å². The lowest BCUT2D eigenvalue weighted by Crippen LogP contribution is -2.54. The van der Waals surface area contributed by atoms with E-state index in [-0.39, 0.29) is 10.5 Å². The van der Waals surface area contributed by atoms with Crippen LogP contribution in [0.4, 0.5) is 0 Å². The second kappa shape index (κ2) is 7.11. The summed E-state index contributed by atoms with van der Waals surface area (Å²) in [6.07, 6.45) is 8.36. The lowest BCUT2D eigenvalue weighted by Gasteiger charge is -2.60. The van der Waals surface area contributed by atoms with Gasteiger partial charge in [-0.05, 0) is 72.4 Å². The fourth-order valence-corrected chi connectivity index (χ4v) is 6.55. The van der Waals surface area contributed by atoms with Crippen LogP contribution in [0, 0.1) is 28.6 Å². The third-order valence-corrected chi connectivity index (χ3v) is 13.3. The highest BCUT2D eigenvalue weighted by Crippen LogP contribution is 2.62. The van der Waals surface area contributed by atoms with Crippen molar-refractivity contribution >= 4 is 14.6 Å². The van der Waals surface area contributed by atoms with Crippen LogP contribution >= 0.6 is 0 Å². The fourth-order valence-electron chi connectivity index (χ4n) is 5.50. The highest BCUT2D eigenvalue weighted by atomic mass is 28.4. The molecule has 0 aromatic carbocycles. The summed E-state index contributed by atoms with van der Waals surface area (Å²) < 4.78 is 6.67. The van der Waals surface area contributed by atoms with Gasteiger partial charge in [0.2, 0.25) is 0 Å². The molecule has 2 saturated carbocycles. The first-order chi connectivity index (χ1) is 11.4. The molecule has 0 bridgehead atoms.